The third-order valence-corrected chi connectivity index (χ3v) is 4.83. The van der Waals surface area contributed by atoms with Crippen molar-refractivity contribution in [3.05, 3.63) is 17.5 Å². The van der Waals surface area contributed by atoms with Crippen LogP contribution in [0.1, 0.15) is 62.4 Å². The van der Waals surface area contributed by atoms with Crippen molar-refractivity contribution in [2.24, 2.45) is 0 Å². The molecule has 3 rings (SSSR count). The first-order valence-corrected chi connectivity index (χ1v) is 8.65. The van der Waals surface area contributed by atoms with Gasteiger partial charge < -0.3 is 14.3 Å². The number of nitrogens with zero attached hydrogens (tertiary/aromatic N) is 3. The minimum atomic E-state index is 0.0276. The van der Waals surface area contributed by atoms with Crippen LogP contribution < -0.4 is 0 Å². The second-order valence-corrected chi connectivity index (χ2v) is 6.55. The first-order chi connectivity index (χ1) is 11.1. The van der Waals surface area contributed by atoms with Crippen LogP contribution in [-0.2, 0) is 9.59 Å². The van der Waals surface area contributed by atoms with Crippen molar-refractivity contribution in [3.8, 4) is 0 Å². The highest BCUT2D eigenvalue weighted by Crippen LogP contribution is 2.32. The molecule has 6 heteroatoms. The Morgan fingerprint density at radius 1 is 1.30 bits per heavy atom. The zero-order chi connectivity index (χ0) is 16.2. The molecular weight excluding hydrogens is 294 g/mol. The molecule has 1 atom stereocenters. The van der Waals surface area contributed by atoms with Crippen molar-refractivity contribution in [2.75, 3.05) is 19.6 Å². The first kappa shape index (κ1) is 16.0. The standard InChI is InChI=1S/C17H25N3O3/c1-13-12-14(18-23-13)15-6-5-10-20(15)17(22)8-11-19-9-4-2-3-7-16(19)21/h12,15H,2-11H2,1H3. The first-order valence-electron chi connectivity index (χ1n) is 8.65. The van der Waals surface area contributed by atoms with Gasteiger partial charge in [-0.25, -0.2) is 0 Å². The van der Waals surface area contributed by atoms with Crippen LogP contribution in [0.5, 0.6) is 0 Å². The van der Waals surface area contributed by atoms with Crippen LogP contribution >= 0.6 is 0 Å². The van der Waals surface area contributed by atoms with E-state index in [0.29, 0.717) is 19.4 Å². The Labute approximate surface area is 136 Å². The molecule has 2 amide bonds. The molecule has 126 valence electrons. The molecule has 0 spiro atoms. The molecule has 0 bridgehead atoms. The van der Waals surface area contributed by atoms with Gasteiger partial charge in [-0.2, -0.15) is 0 Å². The van der Waals surface area contributed by atoms with Crippen LogP contribution in [0, 0.1) is 6.92 Å². The Bertz CT molecular complexity index is 569. The second kappa shape index (κ2) is 7.15. The van der Waals surface area contributed by atoms with Crippen LogP contribution in [0.25, 0.3) is 0 Å². The predicted molar refractivity (Wildman–Crippen MR) is 84.6 cm³/mol. The minimum Gasteiger partial charge on any atom is -0.361 e. The van der Waals surface area contributed by atoms with Crippen molar-refractivity contribution >= 4 is 11.8 Å². The molecule has 23 heavy (non-hydrogen) atoms. The average molecular weight is 319 g/mol. The van der Waals surface area contributed by atoms with Crippen LogP contribution in [0.3, 0.4) is 0 Å². The maximum Gasteiger partial charge on any atom is 0.224 e. The summed E-state index contributed by atoms with van der Waals surface area (Å²) in [6.07, 6.45) is 6.08. The highest BCUT2D eigenvalue weighted by atomic mass is 16.5. The fourth-order valence-corrected chi connectivity index (χ4v) is 3.56. The van der Waals surface area contributed by atoms with E-state index in [1.54, 1.807) is 0 Å². The Balaban J connectivity index is 1.57. The zero-order valence-corrected chi connectivity index (χ0v) is 13.8. The number of likely N-dealkylation sites (tertiary alicyclic amines) is 2. The van der Waals surface area contributed by atoms with Gasteiger partial charge in [0.25, 0.3) is 0 Å². The lowest BCUT2D eigenvalue weighted by Crippen LogP contribution is -2.36. The third-order valence-electron chi connectivity index (χ3n) is 4.83. The number of amides is 2. The minimum absolute atomic E-state index is 0.0276. The molecule has 2 aliphatic heterocycles. The molecule has 3 heterocycles. The third kappa shape index (κ3) is 3.74. The zero-order valence-electron chi connectivity index (χ0n) is 13.8. The maximum atomic E-state index is 12.6. The fraction of sp³-hybridized carbons (Fsp3) is 0.706. The molecule has 2 aliphatic rings. The normalized spacial score (nSPS) is 22.5. The van der Waals surface area contributed by atoms with Gasteiger partial charge in [0.1, 0.15) is 11.5 Å². The molecule has 1 aromatic heterocycles. The fourth-order valence-electron chi connectivity index (χ4n) is 3.56. The average Bonchev–Trinajstić information content (AvgIpc) is 3.13. The molecule has 2 saturated heterocycles. The highest BCUT2D eigenvalue weighted by Gasteiger charge is 2.32. The molecule has 1 aromatic rings. The lowest BCUT2D eigenvalue weighted by Gasteiger charge is -2.25. The summed E-state index contributed by atoms with van der Waals surface area (Å²) < 4.78 is 5.15. The van der Waals surface area contributed by atoms with E-state index in [2.05, 4.69) is 5.16 Å². The molecule has 1 unspecified atom stereocenters. The summed E-state index contributed by atoms with van der Waals surface area (Å²) in [6, 6.07) is 1.94. The smallest absolute Gasteiger partial charge is 0.224 e. The van der Waals surface area contributed by atoms with Crippen LogP contribution in [0.4, 0.5) is 0 Å². The number of carbonyl (C=O) groups excluding carboxylic acids is 2. The highest BCUT2D eigenvalue weighted by molar-refractivity contribution is 5.79. The van der Waals surface area contributed by atoms with E-state index in [1.165, 1.54) is 0 Å². The van der Waals surface area contributed by atoms with Gasteiger partial charge in [0.15, 0.2) is 0 Å². The van der Waals surface area contributed by atoms with E-state index in [-0.39, 0.29) is 17.9 Å². The van der Waals surface area contributed by atoms with Crippen molar-refractivity contribution in [3.63, 3.8) is 0 Å². The Morgan fingerprint density at radius 2 is 2.17 bits per heavy atom. The summed E-state index contributed by atoms with van der Waals surface area (Å²) in [7, 11) is 0. The van der Waals surface area contributed by atoms with Gasteiger partial charge >= 0.3 is 0 Å². The van der Waals surface area contributed by atoms with Gasteiger partial charge in [0.05, 0.1) is 6.04 Å². The van der Waals surface area contributed by atoms with E-state index in [4.69, 9.17) is 4.52 Å². The predicted octanol–water partition coefficient (Wildman–Crippen LogP) is 2.44. The molecular formula is C17H25N3O3. The van der Waals surface area contributed by atoms with E-state index < -0.39 is 0 Å². The Hall–Kier alpha value is -1.85. The molecule has 0 aromatic carbocycles. The summed E-state index contributed by atoms with van der Waals surface area (Å²) in [5.41, 5.74) is 0.846. The molecule has 0 aliphatic carbocycles. The van der Waals surface area contributed by atoms with Crippen molar-refractivity contribution < 1.29 is 14.1 Å². The monoisotopic (exact) mass is 319 g/mol. The van der Waals surface area contributed by atoms with E-state index in [0.717, 1.165) is 56.6 Å². The quantitative estimate of drug-likeness (QED) is 0.855. The lowest BCUT2D eigenvalue weighted by molar-refractivity contribution is -0.134. The second-order valence-electron chi connectivity index (χ2n) is 6.55. The summed E-state index contributed by atoms with van der Waals surface area (Å²) in [5.74, 6) is 1.08. The number of hydrogen-bond donors (Lipinski definition) is 0. The number of hydrogen-bond acceptors (Lipinski definition) is 4. The summed E-state index contributed by atoms with van der Waals surface area (Å²) >= 11 is 0. The van der Waals surface area contributed by atoms with Crippen LogP contribution in [-0.4, -0.2) is 46.4 Å². The molecule has 2 fully saturated rings. The molecule has 0 radical (unpaired) electrons. The number of aryl methyl sites for hydroxylation is 1. The van der Waals surface area contributed by atoms with Crippen molar-refractivity contribution in [1.29, 1.82) is 0 Å². The number of rotatable bonds is 4. The largest absolute Gasteiger partial charge is 0.361 e. The maximum absolute atomic E-state index is 12.6. The Kier molecular flexibility index (Phi) is 4.98. The van der Waals surface area contributed by atoms with Crippen molar-refractivity contribution in [1.82, 2.24) is 15.0 Å². The Morgan fingerprint density at radius 3 is 2.96 bits per heavy atom. The number of aromatic nitrogens is 1. The van der Waals surface area contributed by atoms with Gasteiger partial charge in [0, 0.05) is 38.5 Å². The summed E-state index contributed by atoms with van der Waals surface area (Å²) in [6.45, 7) is 3.96. The molecule has 0 saturated carbocycles. The van der Waals surface area contributed by atoms with E-state index in [1.807, 2.05) is 22.8 Å². The van der Waals surface area contributed by atoms with Gasteiger partial charge in [0.2, 0.25) is 11.8 Å². The summed E-state index contributed by atoms with van der Waals surface area (Å²) in [4.78, 5) is 28.4. The lowest BCUT2D eigenvalue weighted by atomic mass is 10.1. The molecule has 6 nitrogen and oxygen atoms in total. The van der Waals surface area contributed by atoms with Gasteiger partial charge in [-0.05, 0) is 32.6 Å². The topological polar surface area (TPSA) is 66.7 Å². The van der Waals surface area contributed by atoms with E-state index >= 15 is 0 Å². The van der Waals surface area contributed by atoms with Gasteiger partial charge in [-0.1, -0.05) is 11.6 Å². The SMILES string of the molecule is Cc1cc(C2CCCN2C(=O)CCN2CCCCCC2=O)no1. The number of carbonyl (C=O) groups is 2. The van der Waals surface area contributed by atoms with Gasteiger partial charge in [-0.3, -0.25) is 9.59 Å². The summed E-state index contributed by atoms with van der Waals surface area (Å²) in [5, 5.41) is 4.07. The van der Waals surface area contributed by atoms with E-state index in [9.17, 15) is 9.59 Å². The molecule has 0 N–H and O–H groups in total. The van der Waals surface area contributed by atoms with Crippen LogP contribution in [0.2, 0.25) is 0 Å². The van der Waals surface area contributed by atoms with Crippen LogP contribution in [0.15, 0.2) is 10.6 Å². The van der Waals surface area contributed by atoms with Crippen molar-refractivity contribution in [2.45, 2.75) is 57.9 Å². The van der Waals surface area contributed by atoms with Gasteiger partial charge in [-0.15, -0.1) is 0 Å².